The minimum atomic E-state index is -4.78. The number of rotatable bonds is 4. The third-order valence-electron chi connectivity index (χ3n) is 1.95. The molecule has 0 spiro atoms. The Morgan fingerprint density at radius 3 is 2.47 bits per heavy atom. The van der Waals surface area contributed by atoms with Crippen molar-refractivity contribution in [2.45, 2.75) is 13.0 Å². The Hall–Kier alpha value is -1.54. The molecule has 1 aromatic heterocycles. The van der Waals surface area contributed by atoms with Gasteiger partial charge < -0.3 is 9.47 Å². The molecular formula is C10H6ClF3N2O2S. The molecule has 0 aliphatic carbocycles. The Labute approximate surface area is 114 Å². The monoisotopic (exact) mass is 310 g/mol. The van der Waals surface area contributed by atoms with Gasteiger partial charge in [-0.3, -0.25) is 0 Å². The molecule has 0 radical (unpaired) electrons. The molecule has 1 aromatic carbocycles. The van der Waals surface area contributed by atoms with Crippen LogP contribution in [0.1, 0.15) is 5.69 Å². The normalized spacial score (nSPS) is 11.4. The Bertz CT molecular complexity index is 562. The summed E-state index contributed by atoms with van der Waals surface area (Å²) in [5.74, 6) is -0.474. The number of nitrogens with zero attached hydrogens (tertiary/aromatic N) is 2. The van der Waals surface area contributed by atoms with Crippen LogP contribution in [0.3, 0.4) is 0 Å². The molecule has 0 atom stereocenters. The van der Waals surface area contributed by atoms with E-state index in [-0.39, 0.29) is 12.4 Å². The van der Waals surface area contributed by atoms with Crippen LogP contribution in [0.2, 0.25) is 4.34 Å². The second kappa shape index (κ2) is 5.62. The molecule has 19 heavy (non-hydrogen) atoms. The van der Waals surface area contributed by atoms with E-state index in [2.05, 4.69) is 14.3 Å². The number of aromatic nitrogens is 2. The molecule has 2 aromatic rings. The minimum absolute atomic E-state index is 0.0520. The summed E-state index contributed by atoms with van der Waals surface area (Å²) in [6.45, 7) is -0.0897. The Morgan fingerprint density at radius 2 is 1.89 bits per heavy atom. The lowest BCUT2D eigenvalue weighted by Gasteiger charge is -2.13. The Morgan fingerprint density at radius 1 is 1.21 bits per heavy atom. The molecule has 0 amide bonds. The highest BCUT2D eigenvalue weighted by Crippen LogP contribution is 2.32. The van der Waals surface area contributed by atoms with Crippen LogP contribution in [-0.2, 0) is 6.61 Å². The third kappa shape index (κ3) is 3.97. The van der Waals surface area contributed by atoms with Crippen LogP contribution < -0.4 is 9.47 Å². The van der Waals surface area contributed by atoms with Crippen molar-refractivity contribution in [2.75, 3.05) is 0 Å². The summed E-state index contributed by atoms with van der Waals surface area (Å²) in [7, 11) is 0. The second-order valence-electron chi connectivity index (χ2n) is 3.28. The highest BCUT2D eigenvalue weighted by molar-refractivity contribution is 7.10. The van der Waals surface area contributed by atoms with Gasteiger partial charge in [-0.05, 0) is 12.1 Å². The molecule has 0 aliphatic rings. The standard InChI is InChI=1S/C10H6ClF3N2O2S/c11-9-6(15-16-19-9)5-17-7-3-1-2-4-8(7)18-10(12,13)14/h1-4H,5H2. The molecule has 102 valence electrons. The third-order valence-corrected chi connectivity index (χ3v) is 2.93. The molecule has 0 bridgehead atoms. The maximum Gasteiger partial charge on any atom is 0.573 e. The van der Waals surface area contributed by atoms with Crippen LogP contribution in [0.4, 0.5) is 13.2 Å². The second-order valence-corrected chi connectivity index (χ2v) is 4.63. The van der Waals surface area contributed by atoms with E-state index >= 15 is 0 Å². The fourth-order valence-electron chi connectivity index (χ4n) is 1.21. The lowest BCUT2D eigenvalue weighted by Crippen LogP contribution is -2.17. The molecule has 0 saturated carbocycles. The highest BCUT2D eigenvalue weighted by atomic mass is 35.5. The van der Waals surface area contributed by atoms with Gasteiger partial charge in [-0.2, -0.15) is 0 Å². The summed E-state index contributed by atoms with van der Waals surface area (Å²) in [6.07, 6.45) is -4.78. The van der Waals surface area contributed by atoms with Crippen molar-refractivity contribution in [1.29, 1.82) is 0 Å². The average Bonchev–Trinajstić information content (AvgIpc) is 2.72. The van der Waals surface area contributed by atoms with Crippen LogP contribution in [0.15, 0.2) is 24.3 Å². The zero-order valence-corrected chi connectivity index (χ0v) is 10.7. The van der Waals surface area contributed by atoms with E-state index < -0.39 is 12.1 Å². The van der Waals surface area contributed by atoms with Gasteiger partial charge in [0.25, 0.3) is 0 Å². The fourth-order valence-corrected chi connectivity index (χ4v) is 1.81. The summed E-state index contributed by atoms with van der Waals surface area (Å²) >= 11 is 6.72. The summed E-state index contributed by atoms with van der Waals surface area (Å²) < 4.78 is 49.5. The van der Waals surface area contributed by atoms with E-state index in [1.807, 2.05) is 0 Å². The molecule has 2 rings (SSSR count). The van der Waals surface area contributed by atoms with Gasteiger partial charge in [0, 0.05) is 11.5 Å². The van der Waals surface area contributed by atoms with Crippen LogP contribution in [0, 0.1) is 0 Å². The number of para-hydroxylation sites is 2. The van der Waals surface area contributed by atoms with E-state index in [9.17, 15) is 13.2 Å². The van der Waals surface area contributed by atoms with E-state index in [1.54, 1.807) is 0 Å². The molecule has 0 N–H and O–H groups in total. The first-order valence-electron chi connectivity index (χ1n) is 4.90. The van der Waals surface area contributed by atoms with Crippen molar-refractivity contribution in [3.05, 3.63) is 34.3 Å². The van der Waals surface area contributed by atoms with Gasteiger partial charge in [-0.15, -0.1) is 18.3 Å². The predicted octanol–water partition coefficient (Wildman–Crippen LogP) is 3.67. The fraction of sp³-hybridized carbons (Fsp3) is 0.200. The van der Waals surface area contributed by atoms with Crippen LogP contribution in [0.25, 0.3) is 0 Å². The number of alkyl halides is 3. The van der Waals surface area contributed by atoms with Gasteiger partial charge in [0.15, 0.2) is 11.5 Å². The van der Waals surface area contributed by atoms with Gasteiger partial charge in [-0.25, -0.2) is 0 Å². The predicted molar refractivity (Wildman–Crippen MR) is 62.4 cm³/mol. The van der Waals surface area contributed by atoms with Crippen LogP contribution in [-0.4, -0.2) is 15.9 Å². The minimum Gasteiger partial charge on any atom is -0.483 e. The number of ether oxygens (including phenoxy) is 2. The lowest BCUT2D eigenvalue weighted by molar-refractivity contribution is -0.275. The first-order chi connectivity index (χ1) is 8.96. The zero-order chi connectivity index (χ0) is 13.9. The number of benzene rings is 1. The van der Waals surface area contributed by atoms with Gasteiger partial charge in [0.1, 0.15) is 16.6 Å². The Balaban J connectivity index is 2.10. The van der Waals surface area contributed by atoms with Crippen molar-refractivity contribution in [3.8, 4) is 11.5 Å². The van der Waals surface area contributed by atoms with Gasteiger partial charge in [-0.1, -0.05) is 28.2 Å². The smallest absolute Gasteiger partial charge is 0.483 e. The topological polar surface area (TPSA) is 44.2 Å². The number of hydrogen-bond acceptors (Lipinski definition) is 5. The molecule has 0 saturated heterocycles. The molecule has 1 heterocycles. The van der Waals surface area contributed by atoms with E-state index in [1.165, 1.54) is 18.2 Å². The maximum atomic E-state index is 12.2. The van der Waals surface area contributed by atoms with Crippen LogP contribution >= 0.6 is 23.1 Å². The summed E-state index contributed by atoms with van der Waals surface area (Å²) in [6, 6.07) is 5.45. The van der Waals surface area contributed by atoms with Gasteiger partial charge >= 0.3 is 6.36 Å². The van der Waals surface area contributed by atoms with E-state index in [0.29, 0.717) is 10.0 Å². The van der Waals surface area contributed by atoms with Crippen LogP contribution in [0.5, 0.6) is 11.5 Å². The summed E-state index contributed by atoms with van der Waals surface area (Å²) in [4.78, 5) is 0. The maximum absolute atomic E-state index is 12.2. The first-order valence-corrected chi connectivity index (χ1v) is 6.05. The largest absolute Gasteiger partial charge is 0.573 e. The molecule has 4 nitrogen and oxygen atoms in total. The molecular weight excluding hydrogens is 305 g/mol. The van der Waals surface area contributed by atoms with Gasteiger partial charge in [0.2, 0.25) is 0 Å². The number of hydrogen-bond donors (Lipinski definition) is 0. The Kier molecular flexibility index (Phi) is 4.11. The van der Waals surface area contributed by atoms with Crippen molar-refractivity contribution in [3.63, 3.8) is 0 Å². The van der Waals surface area contributed by atoms with Crippen molar-refractivity contribution < 1.29 is 22.6 Å². The van der Waals surface area contributed by atoms with E-state index in [4.69, 9.17) is 16.3 Å². The first kappa shape index (κ1) is 13.9. The molecule has 0 aliphatic heterocycles. The molecule has 9 heteroatoms. The molecule has 0 unspecified atom stereocenters. The number of halogens is 4. The average molecular weight is 311 g/mol. The van der Waals surface area contributed by atoms with Crippen molar-refractivity contribution in [1.82, 2.24) is 9.59 Å². The summed E-state index contributed by atoms with van der Waals surface area (Å²) in [5.41, 5.74) is 0.355. The lowest BCUT2D eigenvalue weighted by atomic mass is 10.3. The quantitative estimate of drug-likeness (QED) is 0.864. The van der Waals surface area contributed by atoms with E-state index in [0.717, 1.165) is 17.6 Å². The highest BCUT2D eigenvalue weighted by Gasteiger charge is 2.32. The SMILES string of the molecule is FC(F)(F)Oc1ccccc1OCc1nnsc1Cl. The zero-order valence-electron chi connectivity index (χ0n) is 9.15. The van der Waals surface area contributed by atoms with Gasteiger partial charge in [0.05, 0.1) is 0 Å². The summed E-state index contributed by atoms with van der Waals surface area (Å²) in [5, 5.41) is 3.68. The van der Waals surface area contributed by atoms with Crippen molar-refractivity contribution >= 4 is 23.1 Å². The van der Waals surface area contributed by atoms with Crippen molar-refractivity contribution in [2.24, 2.45) is 0 Å². The molecule has 0 fully saturated rings.